The molecule has 3 N–H and O–H groups in total. The highest BCUT2D eigenvalue weighted by molar-refractivity contribution is 5.73. The zero-order valence-electron chi connectivity index (χ0n) is 9.09. The topological polar surface area (TPSA) is 55.1 Å². The van der Waals surface area contributed by atoms with Crippen LogP contribution in [0.3, 0.4) is 0 Å². The minimum absolute atomic E-state index is 0.196. The van der Waals surface area contributed by atoms with Crippen LogP contribution in [0.25, 0.3) is 0 Å². The summed E-state index contributed by atoms with van der Waals surface area (Å²) in [6.45, 7) is 3.14. The van der Waals surface area contributed by atoms with Crippen molar-refractivity contribution in [1.82, 2.24) is 5.32 Å². The molecule has 1 aliphatic carbocycles. The average molecular weight is 198 g/mol. The molecule has 0 spiro atoms. The van der Waals surface area contributed by atoms with Gasteiger partial charge in [0.15, 0.2) is 0 Å². The van der Waals surface area contributed by atoms with Crippen molar-refractivity contribution < 1.29 is 4.79 Å². The molecule has 1 amide bonds. The smallest absolute Gasteiger partial charge is 0.217 e. The molecule has 0 aromatic carbocycles. The molecule has 1 fully saturated rings. The van der Waals surface area contributed by atoms with Crippen LogP contribution < -0.4 is 11.1 Å². The third kappa shape index (κ3) is 4.61. The lowest BCUT2D eigenvalue weighted by atomic mass is 9.81. The predicted octanol–water partition coefficient (Wildman–Crippen LogP) is 1.42. The van der Waals surface area contributed by atoms with Crippen molar-refractivity contribution >= 4 is 5.91 Å². The zero-order chi connectivity index (χ0) is 10.4. The number of hydrogen-bond donors (Lipinski definition) is 2. The van der Waals surface area contributed by atoms with Crippen LogP contribution in [-0.2, 0) is 4.79 Å². The van der Waals surface area contributed by atoms with E-state index in [0.717, 1.165) is 18.9 Å². The van der Waals surface area contributed by atoms with Gasteiger partial charge in [-0.3, -0.25) is 4.79 Å². The molecule has 0 aromatic rings. The minimum atomic E-state index is -0.196. The molecule has 1 atom stereocenters. The van der Waals surface area contributed by atoms with E-state index in [9.17, 15) is 4.79 Å². The highest BCUT2D eigenvalue weighted by Gasteiger charge is 2.19. The fourth-order valence-corrected chi connectivity index (χ4v) is 1.92. The first-order chi connectivity index (χ1) is 6.68. The van der Waals surface area contributed by atoms with Crippen molar-refractivity contribution in [3.63, 3.8) is 0 Å². The van der Waals surface area contributed by atoms with Crippen molar-refractivity contribution in [2.24, 2.45) is 11.7 Å². The Hall–Kier alpha value is -0.570. The second-order valence-corrected chi connectivity index (χ2v) is 4.46. The molecule has 82 valence electrons. The summed E-state index contributed by atoms with van der Waals surface area (Å²) in [5, 5.41) is 3.43. The molecule has 1 saturated carbocycles. The van der Waals surface area contributed by atoms with Crippen molar-refractivity contribution in [3.8, 4) is 0 Å². The Labute approximate surface area is 86.4 Å². The van der Waals surface area contributed by atoms with Gasteiger partial charge in [-0.2, -0.15) is 0 Å². The maximum absolute atomic E-state index is 10.5. The first-order valence-electron chi connectivity index (χ1n) is 5.70. The number of carbonyl (C=O) groups is 1. The van der Waals surface area contributed by atoms with Crippen LogP contribution in [0, 0.1) is 5.92 Å². The van der Waals surface area contributed by atoms with Crippen LogP contribution in [-0.4, -0.2) is 18.5 Å². The Morgan fingerprint density at radius 2 is 2.29 bits per heavy atom. The van der Waals surface area contributed by atoms with Crippen LogP contribution in [0.5, 0.6) is 0 Å². The first-order valence-corrected chi connectivity index (χ1v) is 5.70. The SMILES string of the molecule is CC(CC1CCC1)NCCCC(N)=O. The van der Waals surface area contributed by atoms with E-state index in [1.165, 1.54) is 25.7 Å². The zero-order valence-corrected chi connectivity index (χ0v) is 9.09. The third-order valence-corrected chi connectivity index (χ3v) is 3.00. The van der Waals surface area contributed by atoms with Gasteiger partial charge in [0.1, 0.15) is 0 Å². The molecule has 1 aliphatic rings. The molecular weight excluding hydrogens is 176 g/mol. The molecule has 3 heteroatoms. The molecule has 1 unspecified atom stereocenters. The molecule has 14 heavy (non-hydrogen) atoms. The molecule has 0 aliphatic heterocycles. The van der Waals surface area contributed by atoms with Gasteiger partial charge in [0.2, 0.25) is 5.91 Å². The lowest BCUT2D eigenvalue weighted by molar-refractivity contribution is -0.118. The Kier molecular flexibility index (Phi) is 4.94. The summed E-state index contributed by atoms with van der Waals surface area (Å²) in [6, 6.07) is 0.591. The Morgan fingerprint density at radius 1 is 1.57 bits per heavy atom. The second kappa shape index (κ2) is 6.02. The highest BCUT2D eigenvalue weighted by atomic mass is 16.1. The van der Waals surface area contributed by atoms with Gasteiger partial charge in [0.05, 0.1) is 0 Å². The van der Waals surface area contributed by atoms with E-state index in [-0.39, 0.29) is 5.91 Å². The fraction of sp³-hybridized carbons (Fsp3) is 0.909. The molecule has 0 heterocycles. The Balaban J connectivity index is 1.91. The maximum atomic E-state index is 10.5. The van der Waals surface area contributed by atoms with Crippen LogP contribution in [0.4, 0.5) is 0 Å². The van der Waals surface area contributed by atoms with Gasteiger partial charge in [0.25, 0.3) is 0 Å². The van der Waals surface area contributed by atoms with Gasteiger partial charge in [-0.25, -0.2) is 0 Å². The lowest BCUT2D eigenvalue weighted by Crippen LogP contribution is -2.31. The molecule has 0 bridgehead atoms. The number of primary amides is 1. The molecule has 1 rings (SSSR count). The number of nitrogens with one attached hydrogen (secondary N) is 1. The maximum Gasteiger partial charge on any atom is 0.217 e. The van der Waals surface area contributed by atoms with E-state index < -0.39 is 0 Å². The predicted molar refractivity (Wildman–Crippen MR) is 57.9 cm³/mol. The molecule has 0 saturated heterocycles. The number of nitrogens with two attached hydrogens (primary N) is 1. The summed E-state index contributed by atoms with van der Waals surface area (Å²) >= 11 is 0. The third-order valence-electron chi connectivity index (χ3n) is 3.00. The van der Waals surface area contributed by atoms with E-state index in [4.69, 9.17) is 5.73 Å². The van der Waals surface area contributed by atoms with Crippen molar-refractivity contribution in [2.75, 3.05) is 6.54 Å². The number of rotatable bonds is 7. The van der Waals surface area contributed by atoms with E-state index >= 15 is 0 Å². The Bertz CT molecular complexity index is 178. The van der Waals surface area contributed by atoms with Crippen LogP contribution in [0.1, 0.15) is 45.4 Å². The monoisotopic (exact) mass is 198 g/mol. The average Bonchev–Trinajstić information content (AvgIpc) is 2.05. The summed E-state index contributed by atoms with van der Waals surface area (Å²) in [6.07, 6.45) is 6.89. The molecule has 0 aromatic heterocycles. The largest absolute Gasteiger partial charge is 0.370 e. The van der Waals surface area contributed by atoms with Gasteiger partial charge < -0.3 is 11.1 Å². The number of carbonyl (C=O) groups excluding carboxylic acids is 1. The molecule has 0 radical (unpaired) electrons. The standard InChI is InChI=1S/C11H22N2O/c1-9(8-10-4-2-5-10)13-7-3-6-11(12)14/h9-10,13H,2-8H2,1H3,(H2,12,14). The summed E-state index contributed by atoms with van der Waals surface area (Å²) in [5.74, 6) is 0.757. The lowest BCUT2D eigenvalue weighted by Gasteiger charge is -2.28. The van der Waals surface area contributed by atoms with Gasteiger partial charge in [-0.1, -0.05) is 19.3 Å². The van der Waals surface area contributed by atoms with E-state index in [0.29, 0.717) is 12.5 Å². The van der Waals surface area contributed by atoms with Gasteiger partial charge >= 0.3 is 0 Å². The quantitative estimate of drug-likeness (QED) is 0.608. The molecular formula is C11H22N2O. The van der Waals surface area contributed by atoms with Crippen molar-refractivity contribution in [1.29, 1.82) is 0 Å². The second-order valence-electron chi connectivity index (χ2n) is 4.46. The van der Waals surface area contributed by atoms with E-state index in [1.54, 1.807) is 0 Å². The fourth-order valence-electron chi connectivity index (χ4n) is 1.92. The number of amides is 1. The van der Waals surface area contributed by atoms with E-state index in [1.807, 2.05) is 0 Å². The van der Waals surface area contributed by atoms with Gasteiger partial charge in [0, 0.05) is 12.5 Å². The highest BCUT2D eigenvalue weighted by Crippen LogP contribution is 2.30. The minimum Gasteiger partial charge on any atom is -0.370 e. The Morgan fingerprint density at radius 3 is 2.79 bits per heavy atom. The normalized spacial score (nSPS) is 18.9. The first kappa shape index (κ1) is 11.5. The summed E-state index contributed by atoms with van der Waals surface area (Å²) < 4.78 is 0. The summed E-state index contributed by atoms with van der Waals surface area (Å²) in [7, 11) is 0. The summed E-state index contributed by atoms with van der Waals surface area (Å²) in [4.78, 5) is 10.5. The van der Waals surface area contributed by atoms with Crippen LogP contribution in [0.2, 0.25) is 0 Å². The van der Waals surface area contributed by atoms with Crippen LogP contribution >= 0.6 is 0 Å². The summed E-state index contributed by atoms with van der Waals surface area (Å²) in [5.41, 5.74) is 5.05. The van der Waals surface area contributed by atoms with Gasteiger partial charge in [-0.05, 0) is 32.2 Å². The van der Waals surface area contributed by atoms with E-state index in [2.05, 4.69) is 12.2 Å². The van der Waals surface area contributed by atoms with Crippen LogP contribution in [0.15, 0.2) is 0 Å². The van der Waals surface area contributed by atoms with Gasteiger partial charge in [-0.15, -0.1) is 0 Å². The van der Waals surface area contributed by atoms with Crippen molar-refractivity contribution in [3.05, 3.63) is 0 Å². The van der Waals surface area contributed by atoms with Crippen molar-refractivity contribution in [2.45, 2.75) is 51.5 Å². The number of hydrogen-bond acceptors (Lipinski definition) is 2. The molecule has 3 nitrogen and oxygen atoms in total.